The Hall–Kier alpha value is -4.36. The zero-order valence-corrected chi connectivity index (χ0v) is 18.7. The number of nitrogens with one attached hydrogen (secondary N) is 1. The van der Waals surface area contributed by atoms with Crippen LogP contribution in [0.15, 0.2) is 84.3 Å². The number of ketones is 4. The number of fused-ring (bicyclic) bond motifs is 1. The molecule has 35 heavy (non-hydrogen) atoms. The van der Waals surface area contributed by atoms with Gasteiger partial charge in [0.25, 0.3) is 0 Å². The van der Waals surface area contributed by atoms with E-state index >= 15 is 0 Å². The molecule has 2 aromatic carbocycles. The maximum atomic E-state index is 13.2. The third kappa shape index (κ3) is 3.48. The fourth-order valence-corrected chi connectivity index (χ4v) is 4.89. The molecule has 2 unspecified atom stereocenters. The molecule has 2 atom stereocenters. The van der Waals surface area contributed by atoms with Crippen LogP contribution in [0, 0.1) is 12.8 Å². The van der Waals surface area contributed by atoms with Crippen LogP contribution >= 0.6 is 0 Å². The standard InChI is InChI=1S/C28H21NO6/c1-15-5-2-3-6-16(15)11-17-7-4-8-19-21(14-29-26(17)19)28(35)24(33)13-23(32)27(34)25(28)20-12-18(30)9-10-22(20)31/h2-10,12-14,25,29,32,35H,11H2,1H3. The summed E-state index contributed by atoms with van der Waals surface area (Å²) in [7, 11) is 0. The molecule has 174 valence electrons. The SMILES string of the molecule is Cc1ccccc1Cc1cccc2c(C3(O)C(=O)C=C(O)C(=O)C3C3=CC(=O)C=CC3=O)c[nH]c12. The molecule has 3 aromatic rings. The summed E-state index contributed by atoms with van der Waals surface area (Å²) < 4.78 is 0. The highest BCUT2D eigenvalue weighted by atomic mass is 16.3. The number of allylic oxidation sites excluding steroid dienone is 4. The Kier molecular flexibility index (Phi) is 5.22. The van der Waals surface area contributed by atoms with Crippen molar-refractivity contribution < 1.29 is 29.4 Å². The molecular weight excluding hydrogens is 446 g/mol. The normalized spacial score (nSPS) is 22.5. The maximum absolute atomic E-state index is 13.2. The predicted octanol–water partition coefficient (Wildman–Crippen LogP) is 3.10. The Balaban J connectivity index is 1.69. The highest BCUT2D eigenvalue weighted by Crippen LogP contribution is 2.44. The highest BCUT2D eigenvalue weighted by Gasteiger charge is 2.55. The average Bonchev–Trinajstić information content (AvgIpc) is 3.27. The quantitative estimate of drug-likeness (QED) is 0.507. The van der Waals surface area contributed by atoms with Gasteiger partial charge in [-0.3, -0.25) is 19.2 Å². The van der Waals surface area contributed by atoms with Gasteiger partial charge < -0.3 is 15.2 Å². The van der Waals surface area contributed by atoms with E-state index in [-0.39, 0.29) is 11.1 Å². The summed E-state index contributed by atoms with van der Waals surface area (Å²) in [6.07, 6.45) is 5.65. The van der Waals surface area contributed by atoms with Crippen LogP contribution in [0.5, 0.6) is 0 Å². The van der Waals surface area contributed by atoms with Crippen LogP contribution in [0.2, 0.25) is 0 Å². The summed E-state index contributed by atoms with van der Waals surface area (Å²) in [4.78, 5) is 54.0. The number of aliphatic hydroxyl groups excluding tert-OH is 1. The third-order valence-corrected chi connectivity index (χ3v) is 6.72. The number of para-hydroxylation sites is 1. The molecule has 0 aliphatic heterocycles. The Morgan fingerprint density at radius 1 is 0.943 bits per heavy atom. The molecule has 0 bridgehead atoms. The number of hydrogen-bond acceptors (Lipinski definition) is 6. The van der Waals surface area contributed by atoms with Crippen molar-refractivity contribution in [2.75, 3.05) is 0 Å². The van der Waals surface area contributed by atoms with Gasteiger partial charge in [-0.05, 0) is 48.3 Å². The lowest BCUT2D eigenvalue weighted by Crippen LogP contribution is -2.51. The van der Waals surface area contributed by atoms with Crippen molar-refractivity contribution in [1.29, 1.82) is 0 Å². The van der Waals surface area contributed by atoms with Crippen molar-refractivity contribution in [1.82, 2.24) is 4.98 Å². The summed E-state index contributed by atoms with van der Waals surface area (Å²) in [5.41, 5.74) is 1.02. The highest BCUT2D eigenvalue weighted by molar-refractivity contribution is 6.24. The fraction of sp³-hybridized carbons (Fsp3) is 0.143. The van der Waals surface area contributed by atoms with Crippen molar-refractivity contribution in [3.63, 3.8) is 0 Å². The van der Waals surface area contributed by atoms with E-state index in [1.54, 1.807) is 12.1 Å². The number of Topliss-reactive ketones (excluding diaryl/α,β-unsaturated/α-hetero) is 1. The number of benzene rings is 2. The average molecular weight is 467 g/mol. The molecule has 5 rings (SSSR count). The largest absolute Gasteiger partial charge is 0.504 e. The predicted molar refractivity (Wildman–Crippen MR) is 128 cm³/mol. The van der Waals surface area contributed by atoms with Gasteiger partial charge in [0, 0.05) is 34.3 Å². The Labute approximate surface area is 200 Å². The molecule has 0 radical (unpaired) electrons. The van der Waals surface area contributed by atoms with Crippen molar-refractivity contribution in [3.8, 4) is 0 Å². The molecule has 7 nitrogen and oxygen atoms in total. The number of aryl methyl sites for hydroxylation is 1. The number of rotatable bonds is 4. The second-order valence-corrected chi connectivity index (χ2v) is 8.80. The van der Waals surface area contributed by atoms with Crippen LogP contribution in [-0.4, -0.2) is 38.3 Å². The summed E-state index contributed by atoms with van der Waals surface area (Å²) in [5, 5.41) is 22.5. The maximum Gasteiger partial charge on any atom is 0.208 e. The van der Waals surface area contributed by atoms with Gasteiger partial charge in [0.2, 0.25) is 5.78 Å². The zero-order chi connectivity index (χ0) is 24.9. The molecular formula is C28H21NO6. The van der Waals surface area contributed by atoms with Crippen LogP contribution < -0.4 is 0 Å². The van der Waals surface area contributed by atoms with Gasteiger partial charge >= 0.3 is 0 Å². The first kappa shape index (κ1) is 22.4. The Bertz CT molecular complexity index is 1540. The van der Waals surface area contributed by atoms with Crippen LogP contribution in [0.4, 0.5) is 0 Å². The minimum Gasteiger partial charge on any atom is -0.504 e. The fourth-order valence-electron chi connectivity index (χ4n) is 4.89. The Morgan fingerprint density at radius 2 is 1.69 bits per heavy atom. The molecule has 2 aliphatic rings. The van der Waals surface area contributed by atoms with Crippen molar-refractivity contribution >= 4 is 34.0 Å². The van der Waals surface area contributed by atoms with Crippen molar-refractivity contribution in [2.24, 2.45) is 5.92 Å². The molecule has 1 aromatic heterocycles. The monoisotopic (exact) mass is 467 g/mol. The molecule has 7 heteroatoms. The summed E-state index contributed by atoms with van der Waals surface area (Å²) in [6, 6.07) is 13.3. The third-order valence-electron chi connectivity index (χ3n) is 6.72. The molecule has 0 amide bonds. The topological polar surface area (TPSA) is 125 Å². The number of hydrogen-bond donors (Lipinski definition) is 3. The zero-order valence-electron chi connectivity index (χ0n) is 18.7. The Morgan fingerprint density at radius 3 is 2.46 bits per heavy atom. The van der Waals surface area contributed by atoms with Crippen LogP contribution in [-0.2, 0) is 31.2 Å². The number of H-pyrrole nitrogens is 1. The molecule has 0 fully saturated rings. The molecule has 2 aliphatic carbocycles. The number of aromatic nitrogens is 1. The van der Waals surface area contributed by atoms with E-state index in [9.17, 15) is 29.4 Å². The van der Waals surface area contributed by atoms with E-state index in [1.165, 1.54) is 6.20 Å². The second kappa shape index (κ2) is 8.14. The number of aliphatic hydroxyl groups is 2. The van der Waals surface area contributed by atoms with E-state index < -0.39 is 40.4 Å². The van der Waals surface area contributed by atoms with Gasteiger partial charge in [0.15, 0.2) is 28.7 Å². The van der Waals surface area contributed by atoms with Crippen LogP contribution in [0.25, 0.3) is 10.9 Å². The van der Waals surface area contributed by atoms with Crippen molar-refractivity contribution in [2.45, 2.75) is 18.9 Å². The number of aromatic amines is 1. The van der Waals surface area contributed by atoms with Gasteiger partial charge in [-0.2, -0.15) is 0 Å². The summed E-state index contributed by atoms with van der Waals surface area (Å²) in [5.74, 6) is -5.87. The van der Waals surface area contributed by atoms with Crippen LogP contribution in [0.1, 0.15) is 22.3 Å². The van der Waals surface area contributed by atoms with Gasteiger partial charge in [0.05, 0.1) is 5.92 Å². The van der Waals surface area contributed by atoms with Gasteiger partial charge in [-0.1, -0.05) is 42.5 Å². The summed E-state index contributed by atoms with van der Waals surface area (Å²) >= 11 is 0. The molecule has 1 heterocycles. The lowest BCUT2D eigenvalue weighted by Gasteiger charge is -2.36. The van der Waals surface area contributed by atoms with Gasteiger partial charge in [-0.15, -0.1) is 0 Å². The lowest BCUT2D eigenvalue weighted by atomic mass is 9.67. The van der Waals surface area contributed by atoms with Crippen molar-refractivity contribution in [3.05, 3.63) is 107 Å². The summed E-state index contributed by atoms with van der Waals surface area (Å²) in [6.45, 7) is 2.01. The van der Waals surface area contributed by atoms with E-state index in [1.807, 2.05) is 37.3 Å². The van der Waals surface area contributed by atoms with Gasteiger partial charge in [-0.25, -0.2) is 0 Å². The lowest BCUT2D eigenvalue weighted by molar-refractivity contribution is -0.148. The van der Waals surface area contributed by atoms with E-state index in [0.717, 1.165) is 34.9 Å². The van der Waals surface area contributed by atoms with Gasteiger partial charge in [0.1, 0.15) is 0 Å². The number of carbonyl (C=O) groups excluding carboxylic acids is 4. The molecule has 0 saturated heterocycles. The van der Waals surface area contributed by atoms with E-state index in [2.05, 4.69) is 4.98 Å². The van der Waals surface area contributed by atoms with E-state index in [0.29, 0.717) is 23.4 Å². The molecule has 0 spiro atoms. The first-order chi connectivity index (χ1) is 16.7. The number of carbonyl (C=O) groups is 4. The second-order valence-electron chi connectivity index (χ2n) is 8.80. The first-order valence-corrected chi connectivity index (χ1v) is 11.1. The molecule has 0 saturated carbocycles. The van der Waals surface area contributed by atoms with E-state index in [4.69, 9.17) is 0 Å². The minimum absolute atomic E-state index is 0.0851. The first-order valence-electron chi connectivity index (χ1n) is 11.1. The van der Waals surface area contributed by atoms with Crippen LogP contribution in [0.3, 0.4) is 0 Å². The molecule has 3 N–H and O–H groups in total. The smallest absolute Gasteiger partial charge is 0.208 e. The minimum atomic E-state index is -2.50.